The minimum Gasteiger partial charge on any atom is -2.00 e. The molecule has 0 heterocycles. The maximum Gasteiger partial charge on any atom is 4.00 e. The summed E-state index contributed by atoms with van der Waals surface area (Å²) in [7, 11) is 0. The van der Waals surface area contributed by atoms with Crippen LogP contribution in [0.15, 0.2) is 0 Å². The Morgan fingerprint density at radius 3 is 1.38 bits per heavy atom. The maximum atomic E-state index is 9.53. The first-order valence-electron chi connectivity index (χ1n) is 2.10. The van der Waals surface area contributed by atoms with Gasteiger partial charge < -0.3 is 41.0 Å². The van der Waals surface area contributed by atoms with Crippen molar-refractivity contribution in [3.63, 3.8) is 0 Å². The van der Waals surface area contributed by atoms with E-state index >= 15 is 0 Å². The van der Waals surface area contributed by atoms with E-state index in [9.17, 15) is 19.8 Å². The SMILES string of the molecule is O=C([O-])COCC(=O)[O-].[O-2].[OH3+].[OH3+].[V+4]. The Morgan fingerprint density at radius 1 is 1.00 bits per heavy atom. The van der Waals surface area contributed by atoms with Crippen molar-refractivity contribution in [3.8, 4) is 0 Å². The van der Waals surface area contributed by atoms with Crippen molar-refractivity contribution < 1.29 is 59.5 Å². The molecule has 1 radical (unpaired) electrons. The second-order valence-corrected chi connectivity index (χ2v) is 1.24. The first-order valence-corrected chi connectivity index (χ1v) is 2.10. The van der Waals surface area contributed by atoms with E-state index in [0.717, 1.165) is 0 Å². The molecule has 0 rings (SSSR count). The van der Waals surface area contributed by atoms with E-state index in [1.807, 2.05) is 0 Å². The molecule has 0 fully saturated rings. The zero-order valence-electron chi connectivity index (χ0n) is 6.47. The Hall–Kier alpha value is -0.636. The number of carbonyl (C=O) groups excluding carboxylic acids is 2. The van der Waals surface area contributed by atoms with Crippen molar-refractivity contribution >= 4 is 11.9 Å². The number of carbonyl (C=O) groups is 2. The minimum atomic E-state index is -1.45. The van der Waals surface area contributed by atoms with E-state index in [0.29, 0.717) is 0 Å². The van der Waals surface area contributed by atoms with Crippen molar-refractivity contribution in [1.29, 1.82) is 0 Å². The summed E-state index contributed by atoms with van der Waals surface area (Å²) in [4.78, 5) is 19.1. The van der Waals surface area contributed by atoms with Crippen LogP contribution < -0.4 is 10.2 Å². The molecule has 0 spiro atoms. The van der Waals surface area contributed by atoms with Crippen LogP contribution in [0.2, 0.25) is 0 Å². The topological polar surface area (TPSA) is 184 Å². The summed E-state index contributed by atoms with van der Waals surface area (Å²) in [6.07, 6.45) is 0. The van der Waals surface area contributed by atoms with E-state index in [-0.39, 0.29) is 35.0 Å². The zero-order chi connectivity index (χ0) is 7.28. The second kappa shape index (κ2) is 17.4. The van der Waals surface area contributed by atoms with Crippen molar-refractivity contribution in [2.45, 2.75) is 0 Å². The molecule has 0 aromatic rings. The third-order valence-electron chi connectivity index (χ3n) is 0.440. The van der Waals surface area contributed by atoms with E-state index < -0.39 is 25.2 Å². The molecule has 0 aliphatic rings. The van der Waals surface area contributed by atoms with Crippen molar-refractivity contribution in [2.24, 2.45) is 0 Å². The summed E-state index contributed by atoms with van der Waals surface area (Å²) in [6.45, 7) is -1.43. The molecule has 0 bridgehead atoms. The van der Waals surface area contributed by atoms with Crippen LogP contribution in [-0.2, 0) is 49.3 Å². The smallest absolute Gasteiger partial charge is 2.00 e. The molecule has 0 amide bonds. The van der Waals surface area contributed by atoms with Gasteiger partial charge in [-0.1, -0.05) is 0 Å². The van der Waals surface area contributed by atoms with Crippen molar-refractivity contribution in [3.05, 3.63) is 0 Å². The summed E-state index contributed by atoms with van der Waals surface area (Å²) in [6, 6.07) is 0. The summed E-state index contributed by atoms with van der Waals surface area (Å²) < 4.78 is 4.03. The minimum absolute atomic E-state index is 0. The number of hydrogen-bond donors (Lipinski definition) is 0. The van der Waals surface area contributed by atoms with Gasteiger partial charge in [-0.2, -0.15) is 0 Å². The van der Waals surface area contributed by atoms with Gasteiger partial charge in [0.15, 0.2) is 0 Å². The van der Waals surface area contributed by atoms with Gasteiger partial charge in [-0.05, 0) is 0 Å². The first-order chi connectivity index (χ1) is 4.13. The van der Waals surface area contributed by atoms with Gasteiger partial charge in [-0.15, -0.1) is 0 Å². The van der Waals surface area contributed by atoms with Crippen LogP contribution in [0, 0.1) is 0 Å². The fourth-order valence-corrected chi connectivity index (χ4v) is 0.218. The molecule has 9 heteroatoms. The molecule has 0 saturated heterocycles. The fraction of sp³-hybridized carbons (Fsp3) is 0.500. The van der Waals surface area contributed by atoms with Gasteiger partial charge in [0.2, 0.25) is 0 Å². The van der Waals surface area contributed by atoms with Crippen LogP contribution in [-0.4, -0.2) is 25.2 Å². The van der Waals surface area contributed by atoms with Gasteiger partial charge in [-0.25, -0.2) is 0 Å². The van der Waals surface area contributed by atoms with Crippen LogP contribution >= 0.6 is 0 Å². The standard InChI is InChI=1S/C4H6O5.2H2O.O.V/c5-3(6)1-9-2-4(7)8;;;;/h1-2H2,(H,5,6)(H,7,8);2*1H2;;/q;;;-2;+4. The molecule has 0 unspecified atom stereocenters. The van der Waals surface area contributed by atoms with E-state index in [1.165, 1.54) is 0 Å². The van der Waals surface area contributed by atoms with Gasteiger partial charge in [0.05, 0.1) is 25.2 Å². The van der Waals surface area contributed by atoms with Gasteiger partial charge in [0, 0.05) is 0 Å². The molecule has 6 N–H and O–H groups in total. The van der Waals surface area contributed by atoms with Crippen LogP contribution in [0.3, 0.4) is 0 Å². The summed E-state index contributed by atoms with van der Waals surface area (Å²) in [5, 5.41) is 19.1. The van der Waals surface area contributed by atoms with Gasteiger partial charge in [-0.3, -0.25) is 0 Å². The zero-order valence-corrected chi connectivity index (χ0v) is 7.86. The number of rotatable bonds is 4. The summed E-state index contributed by atoms with van der Waals surface area (Å²) >= 11 is 0. The Bertz CT molecular complexity index is 111. The number of carboxylic acid groups (broad SMARTS) is 2. The predicted molar refractivity (Wildman–Crippen MR) is 31.3 cm³/mol. The molecule has 0 aromatic carbocycles. The third-order valence-corrected chi connectivity index (χ3v) is 0.440. The van der Waals surface area contributed by atoms with E-state index in [4.69, 9.17) is 0 Å². The van der Waals surface area contributed by atoms with Crippen LogP contribution in [0.1, 0.15) is 0 Å². The van der Waals surface area contributed by atoms with Gasteiger partial charge in [0.1, 0.15) is 0 Å². The monoisotopic (exact) mass is 237 g/mol. The second-order valence-electron chi connectivity index (χ2n) is 1.24. The molecule has 0 saturated carbocycles. The Labute approximate surface area is 85.3 Å². The summed E-state index contributed by atoms with van der Waals surface area (Å²) in [5.74, 6) is -2.90. The molecular weight excluding hydrogens is 227 g/mol. The van der Waals surface area contributed by atoms with Gasteiger partial charge in [0.25, 0.3) is 0 Å². The Kier molecular flexibility index (Phi) is 39.5. The van der Waals surface area contributed by atoms with E-state index in [1.54, 1.807) is 0 Å². The summed E-state index contributed by atoms with van der Waals surface area (Å²) in [5.41, 5.74) is 0. The molecule has 0 aliphatic carbocycles. The molecule has 0 aliphatic heterocycles. The third kappa shape index (κ3) is 34.6. The van der Waals surface area contributed by atoms with Crippen LogP contribution in [0.5, 0.6) is 0 Å². The predicted octanol–water partition coefficient (Wildman–Crippen LogP) is -5.46. The van der Waals surface area contributed by atoms with E-state index in [2.05, 4.69) is 4.74 Å². The van der Waals surface area contributed by atoms with Crippen molar-refractivity contribution in [2.75, 3.05) is 13.2 Å². The Balaban J connectivity index is -0.0000000533. The average molecular weight is 237 g/mol. The molecule has 0 aromatic heterocycles. The molecule has 8 nitrogen and oxygen atoms in total. The quantitative estimate of drug-likeness (QED) is 0.440. The first kappa shape index (κ1) is 29.4. The Morgan fingerprint density at radius 2 is 1.23 bits per heavy atom. The van der Waals surface area contributed by atoms with Crippen molar-refractivity contribution in [1.82, 2.24) is 0 Å². The number of aliphatic carboxylic acids is 2. The maximum absolute atomic E-state index is 9.53. The normalized spacial score (nSPS) is 6.15. The molecular formula is C4H10O8V+2. The average Bonchev–Trinajstić information content (AvgIpc) is 1.63. The number of hydrogen-bond acceptors (Lipinski definition) is 5. The van der Waals surface area contributed by atoms with Gasteiger partial charge >= 0.3 is 18.6 Å². The number of ether oxygens (including phenoxy) is 1. The molecule has 77 valence electrons. The molecule has 0 atom stereocenters. The fourth-order valence-electron chi connectivity index (χ4n) is 0.218. The van der Waals surface area contributed by atoms with Crippen LogP contribution in [0.4, 0.5) is 0 Å². The van der Waals surface area contributed by atoms with Crippen LogP contribution in [0.25, 0.3) is 0 Å². The largest absolute Gasteiger partial charge is 4.00 e. The number of carboxylic acids is 2. The molecule has 13 heavy (non-hydrogen) atoms.